The van der Waals surface area contributed by atoms with E-state index in [-0.39, 0.29) is 29.6 Å². The molecule has 262 valence electrons. The first-order valence-electron chi connectivity index (χ1n) is 20.9. The highest BCUT2D eigenvalue weighted by Gasteiger charge is 2.77. The molecule has 56 heavy (non-hydrogen) atoms. The Labute approximate surface area is 316 Å². The summed E-state index contributed by atoms with van der Waals surface area (Å²) < 4.78 is 0. The molecule has 2 fully saturated rings. The maximum Gasteiger partial charge on any atom is 0.237 e. The molecule has 1 saturated heterocycles. The minimum atomic E-state index is -1.23. The van der Waals surface area contributed by atoms with Gasteiger partial charge in [0.2, 0.25) is 11.8 Å². The van der Waals surface area contributed by atoms with E-state index < -0.39 is 5.41 Å². The Morgan fingerprint density at radius 2 is 0.750 bits per heavy atom. The average molecular weight is 719 g/mol. The number of hydrogen-bond acceptors (Lipinski definition) is 4. The molecule has 0 bridgehead atoms. The van der Waals surface area contributed by atoms with E-state index in [1.807, 2.05) is 0 Å². The van der Waals surface area contributed by atoms with E-state index >= 15 is 9.59 Å². The molecule has 6 heteroatoms. The summed E-state index contributed by atoms with van der Waals surface area (Å²) in [7, 11) is 0. The molecule has 3 atom stereocenters. The maximum atomic E-state index is 15.2. The van der Waals surface area contributed by atoms with Crippen molar-refractivity contribution in [1.29, 1.82) is 0 Å². The van der Waals surface area contributed by atoms with Crippen LogP contribution in [0.3, 0.4) is 0 Å². The second-order valence-corrected chi connectivity index (χ2v) is 18.5. The van der Waals surface area contributed by atoms with Gasteiger partial charge in [-0.3, -0.25) is 9.59 Å². The zero-order valence-electron chi connectivity index (χ0n) is 30.5. The monoisotopic (exact) mass is 718 g/mol. The van der Waals surface area contributed by atoms with Gasteiger partial charge in [-0.05, 0) is 182 Å². The molecule has 4 N–H and O–H groups in total. The van der Waals surface area contributed by atoms with Crippen LogP contribution in [0.25, 0.3) is 140 Å². The highest BCUT2D eigenvalue weighted by molar-refractivity contribution is 6.68. The topological polar surface area (TPSA) is 82.3 Å². The largest absolute Gasteiger partial charge is 0.354 e. The number of amides is 2. The molecule has 18 rings (SSSR count). The fraction of sp³-hybridized carbons (Fsp3) is 0.240. The zero-order chi connectivity index (χ0) is 35.7. The molecule has 1 heterocycles. The highest BCUT2D eigenvalue weighted by atomic mass is 16.2. The van der Waals surface area contributed by atoms with Crippen LogP contribution in [0.4, 0.5) is 0 Å². The van der Waals surface area contributed by atoms with Gasteiger partial charge in [0.25, 0.3) is 0 Å². The molecule has 2 amide bonds. The standard InChI is InChI=1S/C50H30N4O2/c1-15-22-20-7-5-18-16-3-4-17-19-6-8-21-29-27(19)34-25(17)24(16)33-26(18)28(20)35-31(22)32-23(15)45-44-37(36(29)42-40(34)39(33)41(35)43(42)38(32)44)30(21)46-47(45)50(46)48(55)53-13-11-51-9-2-10-52-12-14-54-49(50)56/h3-8,15,46-47,51-52H,2,9-14H2,1H3,(H,53,55)(H,54,56). The molecule has 0 aromatic heterocycles. The lowest BCUT2D eigenvalue weighted by Crippen LogP contribution is -2.48. The Balaban J connectivity index is 1.12. The van der Waals surface area contributed by atoms with Crippen LogP contribution in [0.2, 0.25) is 0 Å². The molecular formula is C50H30N4O2. The van der Waals surface area contributed by atoms with Crippen LogP contribution in [0.1, 0.15) is 53.4 Å². The van der Waals surface area contributed by atoms with Crippen LogP contribution < -0.4 is 21.3 Å². The van der Waals surface area contributed by atoms with Gasteiger partial charge in [-0.2, -0.15) is 0 Å². The quantitative estimate of drug-likeness (QED) is 0.0933. The van der Waals surface area contributed by atoms with Crippen molar-refractivity contribution in [2.24, 2.45) is 5.41 Å². The number of fused-ring (bicyclic) bond motifs is 10. The first-order chi connectivity index (χ1) is 27.7. The summed E-state index contributed by atoms with van der Waals surface area (Å²) in [6, 6.07) is 14.5. The second-order valence-electron chi connectivity index (χ2n) is 18.5. The summed E-state index contributed by atoms with van der Waals surface area (Å²) in [6.07, 6.45) is 1.01. The van der Waals surface area contributed by atoms with Crippen LogP contribution in [-0.4, -0.2) is 51.1 Å². The predicted octanol–water partition coefficient (Wildman–Crippen LogP) is 8.96. The van der Waals surface area contributed by atoms with Gasteiger partial charge in [0.1, 0.15) is 5.41 Å². The fourth-order valence-electron chi connectivity index (χ4n) is 15.5. The molecule has 1 aliphatic heterocycles. The number of carbonyl (C=O) groups is 2. The van der Waals surface area contributed by atoms with Crippen molar-refractivity contribution in [2.45, 2.75) is 31.1 Å². The SMILES string of the molecule is CC1c2c3c4c5c(c6ccc7c8ccc9c%10ccc%11c1c1c2c4c2c4c1c%11c%10c1c9c8c8c7c6c5c2c8c14)C1C3C12C(=O)NCCNCCCNCCNC2=O. The number of rotatable bonds is 0. The van der Waals surface area contributed by atoms with Crippen molar-refractivity contribution >= 4 is 152 Å². The van der Waals surface area contributed by atoms with Crippen LogP contribution in [-0.2, 0) is 9.59 Å². The van der Waals surface area contributed by atoms with Gasteiger partial charge in [-0.1, -0.05) is 43.3 Å². The Morgan fingerprint density at radius 1 is 0.393 bits per heavy atom. The van der Waals surface area contributed by atoms with Gasteiger partial charge in [-0.25, -0.2) is 0 Å². The third kappa shape index (κ3) is 2.12. The average Bonchev–Trinajstić information content (AvgIpc) is 3.87. The molecule has 0 radical (unpaired) electrons. The number of benzene rings is 8. The molecular weight excluding hydrogens is 689 g/mol. The molecule has 3 aliphatic carbocycles. The Hall–Kier alpha value is -5.82. The van der Waals surface area contributed by atoms with Crippen molar-refractivity contribution in [3.63, 3.8) is 0 Å². The van der Waals surface area contributed by atoms with E-state index in [9.17, 15) is 0 Å². The van der Waals surface area contributed by atoms with E-state index in [1.165, 1.54) is 162 Å². The highest BCUT2D eigenvalue weighted by Crippen LogP contribution is 2.80. The fourth-order valence-corrected chi connectivity index (χ4v) is 15.5. The zero-order valence-corrected chi connectivity index (χ0v) is 30.5. The summed E-state index contributed by atoms with van der Waals surface area (Å²) in [4.78, 5) is 30.4. The number of nitrogens with one attached hydrogen (secondary N) is 4. The lowest BCUT2D eigenvalue weighted by atomic mass is 9.85. The second kappa shape index (κ2) is 7.65. The van der Waals surface area contributed by atoms with Gasteiger partial charge < -0.3 is 21.3 Å². The van der Waals surface area contributed by atoms with Crippen molar-refractivity contribution in [3.8, 4) is 0 Å². The molecule has 4 aliphatic rings. The Kier molecular flexibility index (Phi) is 3.67. The van der Waals surface area contributed by atoms with Crippen molar-refractivity contribution in [3.05, 3.63) is 58.7 Å². The van der Waals surface area contributed by atoms with Crippen molar-refractivity contribution < 1.29 is 9.59 Å². The summed E-state index contributed by atoms with van der Waals surface area (Å²) in [5.74, 6) is -0.502. The van der Waals surface area contributed by atoms with E-state index in [0.717, 1.165) is 19.5 Å². The third-order valence-corrected chi connectivity index (χ3v) is 17.0. The van der Waals surface area contributed by atoms with Gasteiger partial charge in [0.15, 0.2) is 0 Å². The lowest BCUT2D eigenvalue weighted by Gasteiger charge is -2.20. The predicted molar refractivity (Wildman–Crippen MR) is 229 cm³/mol. The molecule has 14 aromatic carbocycles. The summed E-state index contributed by atoms with van der Waals surface area (Å²) in [5.41, 5.74) is 4.23. The minimum Gasteiger partial charge on any atom is -0.354 e. The summed E-state index contributed by atoms with van der Waals surface area (Å²) in [5, 5.41) is 50.8. The maximum absolute atomic E-state index is 15.2. The van der Waals surface area contributed by atoms with Gasteiger partial charge >= 0.3 is 0 Å². The minimum absolute atomic E-state index is 0.109. The normalized spacial score (nSPS) is 23.8. The molecule has 14 aromatic rings. The molecule has 1 saturated carbocycles. The first-order valence-corrected chi connectivity index (χ1v) is 20.9. The van der Waals surface area contributed by atoms with Crippen LogP contribution in [0.5, 0.6) is 0 Å². The number of hydrogen-bond donors (Lipinski definition) is 4. The lowest BCUT2D eigenvalue weighted by molar-refractivity contribution is -0.137. The first kappa shape index (κ1) is 26.9. The van der Waals surface area contributed by atoms with Gasteiger partial charge in [0.05, 0.1) is 0 Å². The Bertz CT molecular complexity index is 4080. The smallest absolute Gasteiger partial charge is 0.237 e. The number of carbonyl (C=O) groups excluding carboxylic acids is 2. The van der Waals surface area contributed by atoms with Gasteiger partial charge in [-0.15, -0.1) is 0 Å². The van der Waals surface area contributed by atoms with E-state index in [0.29, 0.717) is 26.2 Å². The van der Waals surface area contributed by atoms with Crippen LogP contribution in [0, 0.1) is 5.41 Å². The van der Waals surface area contributed by atoms with E-state index in [1.54, 1.807) is 0 Å². The third-order valence-electron chi connectivity index (χ3n) is 17.0. The van der Waals surface area contributed by atoms with Crippen molar-refractivity contribution in [2.75, 3.05) is 39.3 Å². The van der Waals surface area contributed by atoms with Gasteiger partial charge in [0, 0.05) is 43.9 Å². The molecule has 1 spiro atoms. The molecule has 3 unspecified atom stereocenters. The van der Waals surface area contributed by atoms with E-state index in [2.05, 4.69) is 64.6 Å². The summed E-state index contributed by atoms with van der Waals surface area (Å²) in [6.45, 7) is 6.60. The Morgan fingerprint density at radius 3 is 1.29 bits per heavy atom. The summed E-state index contributed by atoms with van der Waals surface area (Å²) >= 11 is 0. The van der Waals surface area contributed by atoms with Crippen LogP contribution >= 0.6 is 0 Å². The molecule has 6 nitrogen and oxygen atoms in total. The van der Waals surface area contributed by atoms with E-state index in [4.69, 9.17) is 0 Å². The van der Waals surface area contributed by atoms with Crippen LogP contribution in [0.15, 0.2) is 36.4 Å². The van der Waals surface area contributed by atoms with Crippen molar-refractivity contribution in [1.82, 2.24) is 21.3 Å².